The lowest BCUT2D eigenvalue weighted by molar-refractivity contribution is 0.220. The van der Waals surface area contributed by atoms with Gasteiger partial charge < -0.3 is 9.53 Å². The normalized spacial score (nSPS) is 13.7. The Labute approximate surface area is 140 Å². The van der Waals surface area contributed by atoms with Gasteiger partial charge in [-0.3, -0.25) is 0 Å². The Kier molecular flexibility index (Phi) is 8.72. The van der Waals surface area contributed by atoms with Crippen LogP contribution in [0.5, 0.6) is 0 Å². The first kappa shape index (κ1) is 21.5. The van der Waals surface area contributed by atoms with E-state index in [1.54, 1.807) is 0 Å². The molecule has 0 radical (unpaired) electrons. The van der Waals surface area contributed by atoms with Crippen molar-refractivity contribution < 1.29 is 9.53 Å². The van der Waals surface area contributed by atoms with E-state index in [1.807, 2.05) is 0 Å². The third kappa shape index (κ3) is 9.48. The summed E-state index contributed by atoms with van der Waals surface area (Å²) < 4.78 is 6.37. The van der Waals surface area contributed by atoms with Gasteiger partial charge in [0.15, 0.2) is 8.32 Å². The molecule has 0 saturated heterocycles. The van der Waals surface area contributed by atoms with Crippen LogP contribution in [0.25, 0.3) is 0 Å². The van der Waals surface area contributed by atoms with Crippen LogP contribution in [0.1, 0.15) is 40.0 Å². The lowest BCUT2D eigenvalue weighted by Gasteiger charge is -2.38. The second-order valence-electron chi connectivity index (χ2n) is 8.29. The largest absolute Gasteiger partial charge is 0.403 e. The molecule has 1 unspecified atom stereocenters. The van der Waals surface area contributed by atoms with Crippen LogP contribution < -0.4 is 0 Å². The zero-order valence-corrected chi connectivity index (χ0v) is 17.8. The van der Waals surface area contributed by atoms with Gasteiger partial charge in [0, 0.05) is 6.42 Å². The third-order valence-corrected chi connectivity index (χ3v) is 9.23. The van der Waals surface area contributed by atoms with Gasteiger partial charge in [-0.1, -0.05) is 52.3 Å². The molecular formula is C18H34O2Si2. The molecule has 0 aliphatic rings. The maximum Gasteiger partial charge on any atom is 0.193 e. The van der Waals surface area contributed by atoms with Crippen LogP contribution in [0.3, 0.4) is 0 Å². The third-order valence-electron chi connectivity index (χ3n) is 3.82. The smallest absolute Gasteiger partial charge is 0.193 e. The first-order chi connectivity index (χ1) is 9.89. The van der Waals surface area contributed by atoms with E-state index in [1.165, 1.54) is 0 Å². The summed E-state index contributed by atoms with van der Waals surface area (Å²) in [6.45, 7) is 17.9. The number of aliphatic hydroxyl groups is 1. The Hall–Kier alpha value is -0.526. The Morgan fingerprint density at radius 2 is 1.64 bits per heavy atom. The Bertz CT molecular complexity index is 448. The van der Waals surface area contributed by atoms with Gasteiger partial charge in [0.25, 0.3) is 0 Å². The average Bonchev–Trinajstić information content (AvgIpc) is 2.32. The van der Waals surface area contributed by atoms with Crippen molar-refractivity contribution in [2.45, 2.75) is 83.9 Å². The fraction of sp³-hybridized carbons (Fsp3) is 0.778. The minimum Gasteiger partial charge on any atom is -0.403 e. The maximum absolute atomic E-state index is 8.94. The minimum absolute atomic E-state index is 0.0817. The topological polar surface area (TPSA) is 29.5 Å². The van der Waals surface area contributed by atoms with Gasteiger partial charge in [0.1, 0.15) is 20.8 Å². The molecular weight excluding hydrogens is 304 g/mol. The van der Waals surface area contributed by atoms with Gasteiger partial charge in [-0.25, -0.2) is 0 Å². The quantitative estimate of drug-likeness (QED) is 0.457. The lowest BCUT2D eigenvalue weighted by atomic mass is 10.1. The van der Waals surface area contributed by atoms with E-state index in [0.717, 1.165) is 19.3 Å². The van der Waals surface area contributed by atoms with Crippen molar-refractivity contribution in [3.05, 3.63) is 0 Å². The standard InChI is InChI=1S/C18H34O2Si2/c1-18(2,3)22(7,8)20-17(14-12-15-19)13-10-9-11-16-21(4,5)6/h17,19H,9-10,13,15H2,1-8H3. The zero-order valence-electron chi connectivity index (χ0n) is 15.8. The van der Waals surface area contributed by atoms with Gasteiger partial charge >= 0.3 is 0 Å². The van der Waals surface area contributed by atoms with Gasteiger partial charge in [-0.15, -0.1) is 11.5 Å². The van der Waals surface area contributed by atoms with E-state index < -0.39 is 16.4 Å². The summed E-state index contributed by atoms with van der Waals surface area (Å²) in [6.07, 6.45) is 2.71. The van der Waals surface area contributed by atoms with Crippen LogP contribution in [-0.4, -0.2) is 34.2 Å². The average molecular weight is 339 g/mol. The number of hydrogen-bond donors (Lipinski definition) is 1. The molecule has 0 fully saturated rings. The molecule has 1 atom stereocenters. The second kappa shape index (κ2) is 8.94. The predicted octanol–water partition coefficient (Wildman–Crippen LogP) is 4.42. The lowest BCUT2D eigenvalue weighted by Crippen LogP contribution is -2.43. The molecule has 4 heteroatoms. The van der Waals surface area contributed by atoms with Crippen molar-refractivity contribution in [2.75, 3.05) is 6.61 Å². The molecule has 0 aromatic heterocycles. The molecule has 0 aliphatic heterocycles. The van der Waals surface area contributed by atoms with Gasteiger partial charge in [0.2, 0.25) is 0 Å². The predicted molar refractivity (Wildman–Crippen MR) is 102 cm³/mol. The molecule has 0 spiro atoms. The van der Waals surface area contributed by atoms with Crippen molar-refractivity contribution in [3.63, 3.8) is 0 Å². The number of rotatable bonds is 5. The summed E-state index contributed by atoms with van der Waals surface area (Å²) >= 11 is 0. The molecule has 0 aromatic rings. The summed E-state index contributed by atoms with van der Waals surface area (Å²) in [5, 5.41) is 9.11. The Balaban J connectivity index is 4.64. The number of hydrogen-bond acceptors (Lipinski definition) is 2. The fourth-order valence-corrected chi connectivity index (χ4v) is 3.45. The van der Waals surface area contributed by atoms with Crippen LogP contribution in [-0.2, 0) is 4.43 Å². The molecule has 22 heavy (non-hydrogen) atoms. The fourth-order valence-electron chi connectivity index (χ4n) is 1.56. The molecule has 0 saturated carbocycles. The van der Waals surface area contributed by atoms with E-state index >= 15 is 0 Å². The van der Waals surface area contributed by atoms with Gasteiger partial charge in [-0.2, -0.15) is 0 Å². The first-order valence-electron chi connectivity index (χ1n) is 8.16. The number of aliphatic hydroxyl groups excluding tert-OH is 1. The highest BCUT2D eigenvalue weighted by atomic mass is 28.4. The first-order valence-corrected chi connectivity index (χ1v) is 14.6. The van der Waals surface area contributed by atoms with Crippen molar-refractivity contribution in [3.8, 4) is 23.3 Å². The molecule has 0 aliphatic carbocycles. The summed E-state index contributed by atoms with van der Waals surface area (Å²) in [5.41, 5.74) is 3.39. The van der Waals surface area contributed by atoms with Crippen molar-refractivity contribution in [1.82, 2.24) is 0 Å². The van der Waals surface area contributed by atoms with E-state index in [4.69, 9.17) is 9.53 Å². The molecule has 0 aromatic carbocycles. The summed E-state index contributed by atoms with van der Waals surface area (Å²) in [4.78, 5) is 0. The molecule has 2 nitrogen and oxygen atoms in total. The van der Waals surface area contributed by atoms with Crippen LogP contribution >= 0.6 is 0 Å². The van der Waals surface area contributed by atoms with Crippen LogP contribution in [0.2, 0.25) is 37.8 Å². The molecule has 1 N–H and O–H groups in total. The molecule has 0 bridgehead atoms. The highest BCUT2D eigenvalue weighted by Crippen LogP contribution is 2.37. The highest BCUT2D eigenvalue weighted by Gasteiger charge is 2.38. The van der Waals surface area contributed by atoms with Crippen molar-refractivity contribution >= 4 is 16.4 Å². The van der Waals surface area contributed by atoms with E-state index in [2.05, 4.69) is 76.8 Å². The zero-order chi connectivity index (χ0) is 17.4. The van der Waals surface area contributed by atoms with E-state index in [0.29, 0.717) is 0 Å². The molecule has 126 valence electrons. The summed E-state index contributed by atoms with van der Waals surface area (Å²) in [7, 11) is -3.09. The van der Waals surface area contributed by atoms with Crippen LogP contribution in [0, 0.1) is 23.3 Å². The molecule has 0 heterocycles. The minimum atomic E-state index is -1.83. The second-order valence-corrected chi connectivity index (χ2v) is 17.8. The van der Waals surface area contributed by atoms with Gasteiger partial charge in [0.05, 0.1) is 0 Å². The highest BCUT2D eigenvalue weighted by molar-refractivity contribution is 6.83. The van der Waals surface area contributed by atoms with E-state index in [-0.39, 0.29) is 17.7 Å². The van der Waals surface area contributed by atoms with Crippen molar-refractivity contribution in [2.24, 2.45) is 0 Å². The maximum atomic E-state index is 8.94. The molecule has 0 rings (SSSR count). The van der Waals surface area contributed by atoms with Crippen molar-refractivity contribution in [1.29, 1.82) is 0 Å². The van der Waals surface area contributed by atoms with E-state index in [9.17, 15) is 0 Å². The SMILES string of the molecule is CC(C)(C)[Si](C)(C)OC(C#CCO)CCCC#C[Si](C)(C)C. The van der Waals surface area contributed by atoms with Crippen LogP contribution in [0.15, 0.2) is 0 Å². The number of unbranched alkanes of at least 4 members (excludes halogenated alkanes) is 1. The van der Waals surface area contributed by atoms with Crippen LogP contribution in [0.4, 0.5) is 0 Å². The Morgan fingerprint density at radius 1 is 1.05 bits per heavy atom. The monoisotopic (exact) mass is 338 g/mol. The summed E-state index contributed by atoms with van der Waals surface area (Å²) in [6, 6.07) is 0. The Morgan fingerprint density at radius 3 is 2.09 bits per heavy atom. The van der Waals surface area contributed by atoms with Gasteiger partial charge in [-0.05, 0) is 31.0 Å². The summed E-state index contributed by atoms with van der Waals surface area (Å²) in [5.74, 6) is 9.14. The molecule has 0 amide bonds.